The summed E-state index contributed by atoms with van der Waals surface area (Å²) < 4.78 is 0. The molecule has 0 aliphatic heterocycles. The highest BCUT2D eigenvalue weighted by molar-refractivity contribution is 5.79. The van der Waals surface area contributed by atoms with Crippen molar-refractivity contribution in [3.8, 4) is 0 Å². The first kappa shape index (κ1) is 9.97. The summed E-state index contributed by atoms with van der Waals surface area (Å²) in [6, 6.07) is 10.3. The van der Waals surface area contributed by atoms with E-state index in [-0.39, 0.29) is 0 Å². The van der Waals surface area contributed by atoms with E-state index in [0.29, 0.717) is 11.8 Å². The second-order valence-corrected chi connectivity index (χ2v) is 4.05. The molecule has 0 amide bonds. The van der Waals surface area contributed by atoms with Gasteiger partial charge in [0.05, 0.1) is 0 Å². The van der Waals surface area contributed by atoms with Crippen molar-refractivity contribution in [2.75, 3.05) is 0 Å². The van der Waals surface area contributed by atoms with Gasteiger partial charge in [-0.25, -0.2) is 4.79 Å². The molecule has 78 valence electrons. The zero-order valence-corrected chi connectivity index (χ0v) is 8.47. The highest BCUT2D eigenvalue weighted by Gasteiger charge is 2.34. The van der Waals surface area contributed by atoms with Crippen LogP contribution in [0.1, 0.15) is 12.0 Å². The average molecular weight is 202 g/mol. The Labute approximate surface area is 89.2 Å². The van der Waals surface area contributed by atoms with E-state index in [0.717, 1.165) is 12.8 Å². The zero-order valence-electron chi connectivity index (χ0n) is 8.47. The van der Waals surface area contributed by atoms with Crippen LogP contribution in [0.5, 0.6) is 0 Å². The number of carbonyl (C=O) groups is 1. The number of hydrogen-bond donors (Lipinski definition) is 1. The summed E-state index contributed by atoms with van der Waals surface area (Å²) in [5.74, 6) is 0.268. The van der Waals surface area contributed by atoms with Crippen LogP contribution in [-0.4, -0.2) is 11.1 Å². The van der Waals surface area contributed by atoms with Crippen molar-refractivity contribution < 1.29 is 9.90 Å². The Bertz CT molecular complexity index is 367. The molecule has 1 aromatic rings. The first-order chi connectivity index (χ1) is 7.25. The van der Waals surface area contributed by atoms with Crippen molar-refractivity contribution in [2.45, 2.75) is 12.8 Å². The standard InChI is InChI=1S/C13H14O2/c14-13(15)7-6-11-9-12(11)8-10-4-2-1-3-5-10/h1-7,11-12H,8-9H2,(H,14,15)/b7-6+. The average Bonchev–Trinajstić information content (AvgIpc) is 2.95. The van der Waals surface area contributed by atoms with E-state index in [1.165, 1.54) is 11.6 Å². The molecule has 0 spiro atoms. The van der Waals surface area contributed by atoms with E-state index in [4.69, 9.17) is 5.11 Å². The van der Waals surface area contributed by atoms with Gasteiger partial charge >= 0.3 is 5.97 Å². The lowest BCUT2D eigenvalue weighted by atomic mass is 10.1. The third-order valence-electron chi connectivity index (χ3n) is 2.80. The van der Waals surface area contributed by atoms with Crippen LogP contribution in [0.15, 0.2) is 42.5 Å². The number of carboxylic acids is 1. The first-order valence-corrected chi connectivity index (χ1v) is 5.21. The lowest BCUT2D eigenvalue weighted by Crippen LogP contribution is -1.90. The van der Waals surface area contributed by atoms with Crippen molar-refractivity contribution in [3.05, 3.63) is 48.0 Å². The van der Waals surface area contributed by atoms with Gasteiger partial charge in [0.25, 0.3) is 0 Å². The number of benzene rings is 1. The molecule has 0 radical (unpaired) electrons. The van der Waals surface area contributed by atoms with Gasteiger partial charge in [-0.05, 0) is 30.2 Å². The third-order valence-corrected chi connectivity index (χ3v) is 2.80. The number of hydrogen-bond acceptors (Lipinski definition) is 1. The van der Waals surface area contributed by atoms with Crippen LogP contribution in [0, 0.1) is 11.8 Å². The predicted molar refractivity (Wildman–Crippen MR) is 58.5 cm³/mol. The largest absolute Gasteiger partial charge is 0.478 e. The summed E-state index contributed by atoms with van der Waals surface area (Å²) in [6.45, 7) is 0. The molecule has 2 rings (SSSR count). The molecule has 1 aliphatic carbocycles. The van der Waals surface area contributed by atoms with Crippen molar-refractivity contribution >= 4 is 5.97 Å². The Balaban J connectivity index is 1.83. The normalized spacial score (nSPS) is 24.3. The van der Waals surface area contributed by atoms with Crippen LogP contribution >= 0.6 is 0 Å². The first-order valence-electron chi connectivity index (χ1n) is 5.21. The van der Waals surface area contributed by atoms with Crippen LogP contribution in [-0.2, 0) is 11.2 Å². The van der Waals surface area contributed by atoms with Crippen molar-refractivity contribution in [2.24, 2.45) is 11.8 Å². The summed E-state index contributed by atoms with van der Waals surface area (Å²) in [7, 11) is 0. The molecule has 2 heteroatoms. The van der Waals surface area contributed by atoms with Crippen LogP contribution in [0.3, 0.4) is 0 Å². The van der Waals surface area contributed by atoms with Gasteiger partial charge in [-0.2, -0.15) is 0 Å². The third kappa shape index (κ3) is 2.94. The Morgan fingerprint density at radius 2 is 2.13 bits per heavy atom. The Morgan fingerprint density at radius 1 is 1.40 bits per heavy atom. The molecule has 15 heavy (non-hydrogen) atoms. The predicted octanol–water partition coefficient (Wildman–Crippen LogP) is 2.51. The van der Waals surface area contributed by atoms with Crippen molar-refractivity contribution in [3.63, 3.8) is 0 Å². The van der Waals surface area contributed by atoms with E-state index in [1.807, 2.05) is 24.3 Å². The maximum atomic E-state index is 10.3. The molecule has 2 nitrogen and oxygen atoms in total. The molecule has 1 N–H and O–H groups in total. The fourth-order valence-corrected chi connectivity index (χ4v) is 1.86. The van der Waals surface area contributed by atoms with Gasteiger partial charge in [0.2, 0.25) is 0 Å². The summed E-state index contributed by atoms with van der Waals surface area (Å²) in [5.41, 5.74) is 1.34. The number of allylic oxidation sites excluding steroid dienone is 1. The highest BCUT2D eigenvalue weighted by atomic mass is 16.4. The lowest BCUT2D eigenvalue weighted by molar-refractivity contribution is -0.131. The van der Waals surface area contributed by atoms with E-state index in [9.17, 15) is 4.79 Å². The zero-order chi connectivity index (χ0) is 10.7. The molecule has 2 unspecified atom stereocenters. The van der Waals surface area contributed by atoms with Gasteiger partial charge in [0, 0.05) is 6.08 Å². The Hall–Kier alpha value is -1.57. The smallest absolute Gasteiger partial charge is 0.327 e. The van der Waals surface area contributed by atoms with Crippen LogP contribution in [0.25, 0.3) is 0 Å². The SMILES string of the molecule is O=C(O)/C=C/C1CC1Cc1ccccc1. The van der Waals surface area contributed by atoms with Gasteiger partial charge in [0.15, 0.2) is 0 Å². The monoisotopic (exact) mass is 202 g/mol. The maximum Gasteiger partial charge on any atom is 0.327 e. The van der Waals surface area contributed by atoms with Crippen LogP contribution in [0.2, 0.25) is 0 Å². The van der Waals surface area contributed by atoms with Crippen molar-refractivity contribution in [1.29, 1.82) is 0 Å². The number of aliphatic carboxylic acids is 1. The Kier molecular flexibility index (Phi) is 2.86. The number of rotatable bonds is 4. The molecular weight excluding hydrogens is 188 g/mol. The van der Waals surface area contributed by atoms with Gasteiger partial charge in [0.1, 0.15) is 0 Å². The summed E-state index contributed by atoms with van der Waals surface area (Å²) in [4.78, 5) is 10.3. The van der Waals surface area contributed by atoms with E-state index >= 15 is 0 Å². The maximum absolute atomic E-state index is 10.3. The lowest BCUT2D eigenvalue weighted by Gasteiger charge is -1.97. The fourth-order valence-electron chi connectivity index (χ4n) is 1.86. The van der Waals surface area contributed by atoms with Crippen LogP contribution in [0.4, 0.5) is 0 Å². The second kappa shape index (κ2) is 4.30. The minimum Gasteiger partial charge on any atom is -0.478 e. The van der Waals surface area contributed by atoms with E-state index in [1.54, 1.807) is 0 Å². The molecule has 1 aliphatic rings. The molecule has 0 saturated heterocycles. The summed E-state index contributed by atoms with van der Waals surface area (Å²) >= 11 is 0. The van der Waals surface area contributed by atoms with Gasteiger partial charge in [-0.1, -0.05) is 36.4 Å². The molecule has 2 atom stereocenters. The van der Waals surface area contributed by atoms with Gasteiger partial charge in [-0.15, -0.1) is 0 Å². The molecule has 1 saturated carbocycles. The molecular formula is C13H14O2. The van der Waals surface area contributed by atoms with E-state index < -0.39 is 5.97 Å². The molecule has 0 heterocycles. The minimum atomic E-state index is -0.847. The van der Waals surface area contributed by atoms with Crippen LogP contribution < -0.4 is 0 Å². The number of carboxylic acid groups (broad SMARTS) is 1. The topological polar surface area (TPSA) is 37.3 Å². The fraction of sp³-hybridized carbons (Fsp3) is 0.308. The van der Waals surface area contributed by atoms with Gasteiger partial charge in [-0.3, -0.25) is 0 Å². The quantitative estimate of drug-likeness (QED) is 0.762. The second-order valence-electron chi connectivity index (χ2n) is 4.05. The van der Waals surface area contributed by atoms with E-state index in [2.05, 4.69) is 12.1 Å². The highest BCUT2D eigenvalue weighted by Crippen LogP contribution is 2.41. The summed E-state index contributed by atoms with van der Waals surface area (Å²) in [6.07, 6.45) is 5.26. The molecule has 1 fully saturated rings. The van der Waals surface area contributed by atoms with Gasteiger partial charge < -0.3 is 5.11 Å². The van der Waals surface area contributed by atoms with Crippen molar-refractivity contribution in [1.82, 2.24) is 0 Å². The Morgan fingerprint density at radius 3 is 2.80 bits per heavy atom. The molecule has 0 aromatic heterocycles. The molecule has 1 aromatic carbocycles. The summed E-state index contributed by atoms with van der Waals surface area (Å²) in [5, 5.41) is 8.48. The minimum absolute atomic E-state index is 0.473. The molecule has 0 bridgehead atoms.